The minimum atomic E-state index is -4.54. The van der Waals surface area contributed by atoms with Crippen molar-refractivity contribution in [3.05, 3.63) is 47.3 Å². The first-order chi connectivity index (χ1) is 9.81. The molecule has 1 aromatic carbocycles. The van der Waals surface area contributed by atoms with E-state index in [0.29, 0.717) is 5.69 Å². The fraction of sp³-hybridized carbons (Fsp3) is 0.154. The Morgan fingerprint density at radius 2 is 1.81 bits per heavy atom. The van der Waals surface area contributed by atoms with Gasteiger partial charge in [0.15, 0.2) is 0 Å². The van der Waals surface area contributed by atoms with Crippen LogP contribution in [0.15, 0.2) is 30.3 Å². The van der Waals surface area contributed by atoms with Crippen LogP contribution >= 0.6 is 0 Å². The number of nitrogens with one attached hydrogen (secondary N) is 2. The standard InChI is InChI=1S/C13H12F4N4/c1-7-9(14)3-2-4-10(7)19-11-5-8(13(15,16)17)6-12(20-11)21-18/h2-6H,18H2,1H3,(H2,19,20,21). The smallest absolute Gasteiger partial charge is 0.340 e. The van der Waals surface area contributed by atoms with Crippen molar-refractivity contribution in [3.63, 3.8) is 0 Å². The first-order valence-corrected chi connectivity index (χ1v) is 5.89. The number of hydrogen-bond acceptors (Lipinski definition) is 4. The van der Waals surface area contributed by atoms with Crippen molar-refractivity contribution >= 4 is 17.3 Å². The van der Waals surface area contributed by atoms with E-state index in [1.54, 1.807) is 0 Å². The van der Waals surface area contributed by atoms with E-state index in [4.69, 9.17) is 5.84 Å². The van der Waals surface area contributed by atoms with Crippen LogP contribution in [0.25, 0.3) is 0 Å². The topological polar surface area (TPSA) is 63.0 Å². The fourth-order valence-electron chi connectivity index (χ4n) is 1.71. The quantitative estimate of drug-likeness (QED) is 0.460. The minimum absolute atomic E-state index is 0.0912. The second kappa shape index (κ2) is 5.57. The molecule has 0 spiro atoms. The van der Waals surface area contributed by atoms with Gasteiger partial charge in [0.05, 0.1) is 5.56 Å². The third-order valence-corrected chi connectivity index (χ3v) is 2.83. The number of nitrogen functional groups attached to an aromatic ring is 1. The third-order valence-electron chi connectivity index (χ3n) is 2.83. The molecule has 0 unspecified atom stereocenters. The van der Waals surface area contributed by atoms with Gasteiger partial charge >= 0.3 is 6.18 Å². The van der Waals surface area contributed by atoms with Crippen LogP contribution in [0.5, 0.6) is 0 Å². The summed E-state index contributed by atoms with van der Waals surface area (Å²) in [6, 6.07) is 5.85. The Balaban J connectivity index is 2.42. The molecular weight excluding hydrogens is 288 g/mol. The van der Waals surface area contributed by atoms with Crippen LogP contribution < -0.4 is 16.6 Å². The molecule has 21 heavy (non-hydrogen) atoms. The van der Waals surface area contributed by atoms with Crippen molar-refractivity contribution in [2.75, 3.05) is 10.7 Å². The molecule has 0 amide bonds. The van der Waals surface area contributed by atoms with Crippen LogP contribution in [0.3, 0.4) is 0 Å². The lowest BCUT2D eigenvalue weighted by molar-refractivity contribution is -0.137. The zero-order valence-electron chi connectivity index (χ0n) is 10.9. The fourth-order valence-corrected chi connectivity index (χ4v) is 1.71. The molecule has 0 fully saturated rings. The van der Waals surface area contributed by atoms with Crippen molar-refractivity contribution in [3.8, 4) is 0 Å². The summed E-state index contributed by atoms with van der Waals surface area (Å²) in [6.07, 6.45) is -4.54. The Kier molecular flexibility index (Phi) is 3.99. The second-order valence-electron chi connectivity index (χ2n) is 4.31. The molecule has 4 nitrogen and oxygen atoms in total. The summed E-state index contributed by atoms with van der Waals surface area (Å²) in [5.41, 5.74) is 1.75. The number of aromatic nitrogens is 1. The molecule has 112 valence electrons. The monoisotopic (exact) mass is 300 g/mol. The highest BCUT2D eigenvalue weighted by Crippen LogP contribution is 2.33. The molecule has 0 radical (unpaired) electrons. The zero-order chi connectivity index (χ0) is 15.6. The molecule has 1 aromatic heterocycles. The van der Waals surface area contributed by atoms with Gasteiger partial charge in [0, 0.05) is 11.3 Å². The number of alkyl halides is 3. The highest BCUT2D eigenvalue weighted by Gasteiger charge is 2.31. The molecule has 8 heteroatoms. The van der Waals surface area contributed by atoms with Crippen molar-refractivity contribution in [1.29, 1.82) is 0 Å². The van der Waals surface area contributed by atoms with E-state index >= 15 is 0 Å². The number of halogens is 4. The maximum Gasteiger partial charge on any atom is 0.416 e. The Bertz CT molecular complexity index is 655. The summed E-state index contributed by atoms with van der Waals surface area (Å²) < 4.78 is 51.8. The summed E-state index contributed by atoms with van der Waals surface area (Å²) in [4.78, 5) is 3.86. The van der Waals surface area contributed by atoms with Gasteiger partial charge in [0.1, 0.15) is 17.5 Å². The predicted molar refractivity (Wildman–Crippen MR) is 71.5 cm³/mol. The van der Waals surface area contributed by atoms with E-state index in [9.17, 15) is 17.6 Å². The van der Waals surface area contributed by atoms with Crippen LogP contribution in [0.2, 0.25) is 0 Å². The molecule has 1 heterocycles. The van der Waals surface area contributed by atoms with Gasteiger partial charge in [-0.3, -0.25) is 0 Å². The Morgan fingerprint density at radius 3 is 2.43 bits per heavy atom. The first kappa shape index (κ1) is 15.0. The van der Waals surface area contributed by atoms with Gasteiger partial charge in [0.25, 0.3) is 0 Å². The molecule has 0 saturated heterocycles. The summed E-state index contributed by atoms with van der Waals surface area (Å²) >= 11 is 0. The number of hydrazine groups is 1. The van der Waals surface area contributed by atoms with Gasteiger partial charge in [-0.15, -0.1) is 0 Å². The van der Waals surface area contributed by atoms with E-state index in [1.807, 2.05) is 0 Å². The van der Waals surface area contributed by atoms with E-state index < -0.39 is 17.6 Å². The Morgan fingerprint density at radius 1 is 1.14 bits per heavy atom. The van der Waals surface area contributed by atoms with Gasteiger partial charge in [-0.25, -0.2) is 15.2 Å². The van der Waals surface area contributed by atoms with Crippen molar-refractivity contribution < 1.29 is 17.6 Å². The van der Waals surface area contributed by atoms with Gasteiger partial charge in [0.2, 0.25) is 0 Å². The van der Waals surface area contributed by atoms with Gasteiger partial charge in [-0.2, -0.15) is 13.2 Å². The molecule has 2 aromatic rings. The van der Waals surface area contributed by atoms with Crippen molar-refractivity contribution in [2.24, 2.45) is 5.84 Å². The maximum atomic E-state index is 13.4. The molecule has 0 aliphatic heterocycles. The average molecular weight is 300 g/mol. The summed E-state index contributed by atoms with van der Waals surface area (Å²) in [7, 11) is 0. The Hall–Kier alpha value is -2.35. The van der Waals surface area contributed by atoms with Gasteiger partial charge in [-0.1, -0.05) is 6.07 Å². The van der Waals surface area contributed by atoms with Gasteiger partial charge < -0.3 is 10.7 Å². The summed E-state index contributed by atoms with van der Waals surface area (Å²) in [5, 5.41) is 2.65. The Labute approximate surface area is 118 Å². The van der Waals surface area contributed by atoms with Crippen LogP contribution in [0, 0.1) is 12.7 Å². The molecule has 0 aliphatic rings. The number of benzene rings is 1. The molecule has 0 bridgehead atoms. The minimum Gasteiger partial charge on any atom is -0.340 e. The number of pyridine rings is 1. The first-order valence-electron chi connectivity index (χ1n) is 5.89. The average Bonchev–Trinajstić information content (AvgIpc) is 2.42. The van der Waals surface area contributed by atoms with Gasteiger partial charge in [-0.05, 0) is 31.2 Å². The van der Waals surface area contributed by atoms with Crippen LogP contribution in [0.4, 0.5) is 34.9 Å². The third kappa shape index (κ3) is 3.40. The van der Waals surface area contributed by atoms with Crippen LogP contribution in [-0.4, -0.2) is 4.98 Å². The predicted octanol–water partition coefficient (Wildman–Crippen LogP) is 3.58. The SMILES string of the molecule is Cc1c(F)cccc1Nc1cc(C(F)(F)F)cc(NN)n1. The zero-order valence-corrected chi connectivity index (χ0v) is 10.9. The normalized spacial score (nSPS) is 11.3. The number of nitrogens with two attached hydrogens (primary N) is 1. The number of nitrogens with zero attached hydrogens (tertiary/aromatic N) is 1. The number of hydrogen-bond donors (Lipinski definition) is 3. The van der Waals surface area contributed by atoms with E-state index in [0.717, 1.165) is 12.1 Å². The highest BCUT2D eigenvalue weighted by atomic mass is 19.4. The summed E-state index contributed by atoms with van der Waals surface area (Å²) in [5.74, 6) is 4.40. The van der Waals surface area contributed by atoms with E-state index in [1.165, 1.54) is 25.1 Å². The maximum absolute atomic E-state index is 13.4. The molecule has 0 aliphatic carbocycles. The molecular formula is C13H12F4N4. The van der Waals surface area contributed by atoms with E-state index in [-0.39, 0.29) is 17.2 Å². The summed E-state index contributed by atoms with van der Waals surface area (Å²) in [6.45, 7) is 1.51. The van der Waals surface area contributed by atoms with Crippen LogP contribution in [-0.2, 0) is 6.18 Å². The largest absolute Gasteiger partial charge is 0.416 e. The lowest BCUT2D eigenvalue weighted by atomic mass is 10.2. The highest BCUT2D eigenvalue weighted by molar-refractivity contribution is 5.62. The van der Waals surface area contributed by atoms with Crippen LogP contribution in [0.1, 0.15) is 11.1 Å². The number of rotatable bonds is 3. The van der Waals surface area contributed by atoms with E-state index in [2.05, 4.69) is 15.7 Å². The number of anilines is 3. The lowest BCUT2D eigenvalue weighted by Crippen LogP contribution is -2.13. The van der Waals surface area contributed by atoms with Crippen molar-refractivity contribution in [2.45, 2.75) is 13.1 Å². The second-order valence-corrected chi connectivity index (χ2v) is 4.31. The molecule has 0 saturated carbocycles. The lowest BCUT2D eigenvalue weighted by Gasteiger charge is -2.13. The molecule has 2 rings (SSSR count). The van der Waals surface area contributed by atoms with Crippen molar-refractivity contribution in [1.82, 2.24) is 4.98 Å². The molecule has 4 N–H and O–H groups in total. The molecule has 0 atom stereocenters.